The van der Waals surface area contributed by atoms with Crippen molar-refractivity contribution in [2.45, 2.75) is 33.7 Å². The normalized spacial score (nSPS) is 15.6. The minimum absolute atomic E-state index is 0.235. The molecule has 0 bridgehead atoms. The second-order valence-corrected chi connectivity index (χ2v) is 9.16. The van der Waals surface area contributed by atoms with Gasteiger partial charge in [0.05, 0.1) is 36.4 Å². The van der Waals surface area contributed by atoms with Gasteiger partial charge in [-0.15, -0.1) is 0 Å². The fourth-order valence-electron chi connectivity index (χ4n) is 4.83. The van der Waals surface area contributed by atoms with Crippen molar-refractivity contribution in [2.75, 3.05) is 14.2 Å². The third-order valence-corrected chi connectivity index (χ3v) is 6.96. The maximum absolute atomic E-state index is 13.7. The topological polar surface area (TPSA) is 60.8 Å². The number of halogens is 1. The molecule has 7 heteroatoms. The van der Waals surface area contributed by atoms with Crippen molar-refractivity contribution in [3.63, 3.8) is 0 Å². The molecule has 2 aromatic carbocycles. The number of allylic oxidation sites excluding steroid dienone is 1. The fraction of sp³-hybridized carbons (Fsp3) is 0.241. The van der Waals surface area contributed by atoms with Crippen LogP contribution in [0.1, 0.15) is 42.4 Å². The molecule has 1 aliphatic rings. The number of hydrogen-bond acceptors (Lipinski definition) is 4. The van der Waals surface area contributed by atoms with E-state index in [2.05, 4.69) is 4.57 Å². The van der Waals surface area contributed by atoms with E-state index in [9.17, 15) is 9.59 Å². The number of ether oxygens (including phenoxy) is 2. The number of rotatable bonds is 6. The van der Waals surface area contributed by atoms with Crippen LogP contribution in [-0.4, -0.2) is 35.6 Å². The molecular formula is C29H29ClN2O4. The molecule has 0 aliphatic carbocycles. The van der Waals surface area contributed by atoms with Crippen LogP contribution in [0.4, 0.5) is 0 Å². The second-order valence-electron chi connectivity index (χ2n) is 8.75. The Morgan fingerprint density at radius 2 is 1.72 bits per heavy atom. The Bertz CT molecular complexity index is 1400. The molecule has 1 amide bonds. The number of esters is 1. The highest BCUT2D eigenvalue weighted by Gasteiger charge is 2.39. The number of methoxy groups -OCH3 is 2. The molecule has 3 aromatic rings. The van der Waals surface area contributed by atoms with Gasteiger partial charge in [-0.3, -0.25) is 4.79 Å². The van der Waals surface area contributed by atoms with E-state index in [0.717, 1.165) is 28.2 Å². The van der Waals surface area contributed by atoms with Crippen molar-refractivity contribution in [3.05, 3.63) is 99.0 Å². The summed E-state index contributed by atoms with van der Waals surface area (Å²) in [5, 5.41) is 0.505. The minimum Gasteiger partial charge on any atom is -0.495 e. The van der Waals surface area contributed by atoms with E-state index < -0.39 is 5.97 Å². The smallest absolute Gasteiger partial charge is 0.340 e. The predicted octanol–water partition coefficient (Wildman–Crippen LogP) is 6.19. The summed E-state index contributed by atoms with van der Waals surface area (Å²) in [6, 6.07) is 17.1. The molecule has 0 radical (unpaired) electrons. The van der Waals surface area contributed by atoms with Crippen molar-refractivity contribution in [1.29, 1.82) is 0 Å². The highest BCUT2D eigenvalue weighted by molar-refractivity contribution is 6.32. The number of carbonyl (C=O) groups is 2. The summed E-state index contributed by atoms with van der Waals surface area (Å²) in [4.78, 5) is 28.2. The Hall–Kier alpha value is -3.77. The summed E-state index contributed by atoms with van der Waals surface area (Å²) >= 11 is 6.37. The monoisotopic (exact) mass is 504 g/mol. The first-order valence-corrected chi connectivity index (χ1v) is 12.0. The Morgan fingerprint density at radius 3 is 2.33 bits per heavy atom. The lowest BCUT2D eigenvalue weighted by Crippen LogP contribution is -2.28. The van der Waals surface area contributed by atoms with Crippen molar-refractivity contribution in [3.8, 4) is 11.4 Å². The summed E-state index contributed by atoms with van der Waals surface area (Å²) in [6.45, 7) is 7.69. The second kappa shape index (κ2) is 10.1. The maximum Gasteiger partial charge on any atom is 0.340 e. The van der Waals surface area contributed by atoms with Gasteiger partial charge in [0, 0.05) is 22.8 Å². The van der Waals surface area contributed by atoms with Gasteiger partial charge < -0.3 is 18.9 Å². The molecule has 0 saturated heterocycles. The van der Waals surface area contributed by atoms with Gasteiger partial charge in [-0.1, -0.05) is 41.9 Å². The van der Waals surface area contributed by atoms with Gasteiger partial charge in [0.1, 0.15) is 5.75 Å². The molecule has 1 aliphatic heterocycles. The Kier molecular flexibility index (Phi) is 7.09. The van der Waals surface area contributed by atoms with Gasteiger partial charge in [-0.05, 0) is 69.2 Å². The van der Waals surface area contributed by atoms with Gasteiger partial charge in [-0.2, -0.15) is 0 Å². The molecule has 186 valence electrons. The van der Waals surface area contributed by atoms with E-state index in [1.54, 1.807) is 25.0 Å². The fourth-order valence-corrected chi connectivity index (χ4v) is 5.08. The summed E-state index contributed by atoms with van der Waals surface area (Å²) in [7, 11) is 2.90. The van der Waals surface area contributed by atoms with Crippen LogP contribution in [0.2, 0.25) is 5.02 Å². The number of benzene rings is 2. The average Bonchev–Trinajstić information content (AvgIpc) is 3.29. The van der Waals surface area contributed by atoms with Gasteiger partial charge >= 0.3 is 5.97 Å². The molecule has 0 fully saturated rings. The lowest BCUT2D eigenvalue weighted by atomic mass is 10.0. The first-order chi connectivity index (χ1) is 17.2. The maximum atomic E-state index is 13.7. The van der Waals surface area contributed by atoms with E-state index >= 15 is 0 Å². The van der Waals surface area contributed by atoms with Crippen LogP contribution in [0.15, 0.2) is 71.4 Å². The van der Waals surface area contributed by atoms with Gasteiger partial charge in [0.25, 0.3) is 5.91 Å². The zero-order valence-electron chi connectivity index (χ0n) is 21.3. The van der Waals surface area contributed by atoms with Crippen molar-refractivity contribution < 1.29 is 19.1 Å². The van der Waals surface area contributed by atoms with E-state index in [-0.39, 0.29) is 17.5 Å². The number of aryl methyl sites for hydroxylation is 1. The Balaban J connectivity index is 1.81. The number of carbonyl (C=O) groups excluding carboxylic acids is 2. The molecule has 4 rings (SSSR count). The highest BCUT2D eigenvalue weighted by atomic mass is 35.5. The zero-order valence-corrected chi connectivity index (χ0v) is 22.0. The summed E-state index contributed by atoms with van der Waals surface area (Å²) in [5.41, 5.74) is 5.71. The standard InChI is InChI=1S/C29H29ClN2O4/c1-17-14-22(19(3)31(17)23-12-13-26(35-5)25(30)16-23)15-24-27(29(34)36-6)20(4)32(28(24)33)18(2)21-10-8-7-9-11-21/h7-16,18H,1-6H3/b24-15-/t18-/m0/s1. The molecule has 36 heavy (non-hydrogen) atoms. The molecule has 0 spiro atoms. The van der Waals surface area contributed by atoms with E-state index in [0.29, 0.717) is 22.0 Å². The van der Waals surface area contributed by atoms with Crippen molar-refractivity contribution in [2.24, 2.45) is 0 Å². The first-order valence-electron chi connectivity index (χ1n) is 11.6. The van der Waals surface area contributed by atoms with Crippen LogP contribution in [0.25, 0.3) is 11.8 Å². The molecule has 2 heterocycles. The number of aromatic nitrogens is 1. The number of hydrogen-bond donors (Lipinski definition) is 0. The zero-order chi connectivity index (χ0) is 26.1. The largest absolute Gasteiger partial charge is 0.495 e. The van der Waals surface area contributed by atoms with Crippen molar-refractivity contribution in [1.82, 2.24) is 9.47 Å². The van der Waals surface area contributed by atoms with Crippen LogP contribution in [0.5, 0.6) is 5.75 Å². The van der Waals surface area contributed by atoms with Crippen LogP contribution in [-0.2, 0) is 14.3 Å². The van der Waals surface area contributed by atoms with E-state index in [1.165, 1.54) is 7.11 Å². The Labute approximate surface area is 216 Å². The molecule has 1 atom stereocenters. The average molecular weight is 505 g/mol. The molecule has 6 nitrogen and oxygen atoms in total. The summed E-state index contributed by atoms with van der Waals surface area (Å²) in [5.74, 6) is -0.176. The van der Waals surface area contributed by atoms with Gasteiger partial charge in [0.15, 0.2) is 0 Å². The van der Waals surface area contributed by atoms with E-state index in [1.807, 2.05) is 75.4 Å². The third-order valence-electron chi connectivity index (χ3n) is 6.66. The lowest BCUT2D eigenvalue weighted by Gasteiger charge is -2.26. The molecule has 0 saturated carbocycles. The number of amides is 1. The van der Waals surface area contributed by atoms with Gasteiger partial charge in [-0.25, -0.2) is 4.79 Å². The SMILES string of the molecule is COC(=O)C1=C(C)N([C@@H](C)c2ccccc2)C(=O)/C1=C\c1cc(C)n(-c2ccc(OC)c(Cl)c2)c1C. The summed E-state index contributed by atoms with van der Waals surface area (Å²) < 4.78 is 12.4. The summed E-state index contributed by atoms with van der Waals surface area (Å²) in [6.07, 6.45) is 1.78. The molecular weight excluding hydrogens is 476 g/mol. The van der Waals surface area contributed by atoms with Crippen LogP contribution in [0, 0.1) is 13.8 Å². The molecule has 0 N–H and O–H groups in total. The first kappa shape index (κ1) is 25.3. The molecule has 1 aromatic heterocycles. The lowest BCUT2D eigenvalue weighted by molar-refractivity contribution is -0.136. The third kappa shape index (κ3) is 4.33. The van der Waals surface area contributed by atoms with Crippen LogP contribution < -0.4 is 4.74 Å². The molecule has 0 unspecified atom stereocenters. The van der Waals surface area contributed by atoms with Crippen molar-refractivity contribution >= 4 is 29.6 Å². The van der Waals surface area contributed by atoms with Gasteiger partial charge in [0.2, 0.25) is 0 Å². The number of nitrogens with zero attached hydrogens (tertiary/aromatic N) is 2. The minimum atomic E-state index is -0.536. The van der Waals surface area contributed by atoms with Crippen LogP contribution >= 0.6 is 11.6 Å². The van der Waals surface area contributed by atoms with Crippen LogP contribution in [0.3, 0.4) is 0 Å². The van der Waals surface area contributed by atoms with E-state index in [4.69, 9.17) is 21.1 Å². The highest BCUT2D eigenvalue weighted by Crippen LogP contribution is 2.38. The predicted molar refractivity (Wildman–Crippen MR) is 141 cm³/mol. The quantitative estimate of drug-likeness (QED) is 0.296. The Morgan fingerprint density at radius 1 is 1.03 bits per heavy atom.